The third-order valence-corrected chi connectivity index (χ3v) is 3.09. The Morgan fingerprint density at radius 3 is 2.76 bits per heavy atom. The van der Waals surface area contributed by atoms with Gasteiger partial charge in [-0.2, -0.15) is 0 Å². The molecule has 0 aromatic heterocycles. The predicted octanol–water partition coefficient (Wildman–Crippen LogP) is 2.27. The summed E-state index contributed by atoms with van der Waals surface area (Å²) in [4.78, 5) is 0. The normalized spacial score (nSPS) is 23.5. The maximum atomic E-state index is 5.99. The van der Waals surface area contributed by atoms with Crippen LogP contribution < -0.4 is 5.73 Å². The molecule has 3 unspecified atom stereocenters. The van der Waals surface area contributed by atoms with E-state index in [4.69, 9.17) is 15.2 Å². The Morgan fingerprint density at radius 1 is 1.41 bits per heavy atom. The van der Waals surface area contributed by atoms with Crippen molar-refractivity contribution in [3.8, 4) is 0 Å². The molecule has 1 saturated heterocycles. The second kappa shape index (κ2) is 6.15. The van der Waals surface area contributed by atoms with Crippen molar-refractivity contribution in [2.24, 2.45) is 5.73 Å². The Balaban J connectivity index is 1.93. The van der Waals surface area contributed by atoms with Crippen LogP contribution in [0.4, 0.5) is 0 Å². The van der Waals surface area contributed by atoms with Gasteiger partial charge in [0.25, 0.3) is 0 Å². The van der Waals surface area contributed by atoms with Crippen LogP contribution in [0, 0.1) is 0 Å². The minimum absolute atomic E-state index is 0.0150. The van der Waals surface area contributed by atoms with Crippen LogP contribution in [0.1, 0.15) is 31.4 Å². The summed E-state index contributed by atoms with van der Waals surface area (Å²) in [6.45, 7) is 3.48. The molecule has 3 heteroatoms. The lowest BCUT2D eigenvalue weighted by atomic mass is 10.0. The van der Waals surface area contributed by atoms with Gasteiger partial charge in [0.2, 0.25) is 0 Å². The van der Waals surface area contributed by atoms with Crippen LogP contribution in [0.25, 0.3) is 0 Å². The highest BCUT2D eigenvalue weighted by molar-refractivity contribution is 5.18. The Bertz CT molecular complexity index is 320. The van der Waals surface area contributed by atoms with Crippen molar-refractivity contribution in [2.45, 2.75) is 38.0 Å². The van der Waals surface area contributed by atoms with Crippen molar-refractivity contribution < 1.29 is 9.47 Å². The average molecular weight is 235 g/mol. The first-order chi connectivity index (χ1) is 8.27. The van der Waals surface area contributed by atoms with Gasteiger partial charge in [-0.1, -0.05) is 30.3 Å². The Labute approximate surface area is 103 Å². The zero-order valence-corrected chi connectivity index (χ0v) is 10.3. The summed E-state index contributed by atoms with van der Waals surface area (Å²) >= 11 is 0. The summed E-state index contributed by atoms with van der Waals surface area (Å²) in [5.74, 6) is 0. The van der Waals surface area contributed by atoms with E-state index in [0.717, 1.165) is 25.0 Å². The number of benzene rings is 1. The molecule has 3 nitrogen and oxygen atoms in total. The van der Waals surface area contributed by atoms with Gasteiger partial charge in [-0.15, -0.1) is 0 Å². The van der Waals surface area contributed by atoms with Crippen molar-refractivity contribution >= 4 is 0 Å². The highest BCUT2D eigenvalue weighted by Crippen LogP contribution is 2.22. The first-order valence-electron chi connectivity index (χ1n) is 6.31. The van der Waals surface area contributed by atoms with Gasteiger partial charge < -0.3 is 15.2 Å². The van der Waals surface area contributed by atoms with Gasteiger partial charge in [0.15, 0.2) is 0 Å². The molecule has 1 aliphatic heterocycles. The van der Waals surface area contributed by atoms with Gasteiger partial charge in [-0.05, 0) is 25.3 Å². The summed E-state index contributed by atoms with van der Waals surface area (Å²) in [5, 5.41) is 0. The zero-order valence-electron chi connectivity index (χ0n) is 10.3. The highest BCUT2D eigenvalue weighted by atomic mass is 16.5. The summed E-state index contributed by atoms with van der Waals surface area (Å²) in [7, 11) is 0. The number of nitrogens with two attached hydrogens (primary N) is 1. The average Bonchev–Trinajstić information content (AvgIpc) is 2.83. The van der Waals surface area contributed by atoms with E-state index in [2.05, 4.69) is 12.1 Å². The van der Waals surface area contributed by atoms with Gasteiger partial charge in [-0.25, -0.2) is 0 Å². The van der Waals surface area contributed by atoms with Crippen molar-refractivity contribution in [2.75, 3.05) is 13.2 Å². The fraction of sp³-hybridized carbons (Fsp3) is 0.571. The van der Waals surface area contributed by atoms with Gasteiger partial charge >= 0.3 is 0 Å². The number of hydrogen-bond donors (Lipinski definition) is 1. The molecule has 2 N–H and O–H groups in total. The largest absolute Gasteiger partial charge is 0.376 e. The van der Waals surface area contributed by atoms with Crippen molar-refractivity contribution in [1.29, 1.82) is 0 Å². The molecule has 0 aliphatic carbocycles. The number of rotatable bonds is 5. The molecule has 0 bridgehead atoms. The van der Waals surface area contributed by atoms with Crippen LogP contribution in [0.3, 0.4) is 0 Å². The van der Waals surface area contributed by atoms with E-state index in [1.54, 1.807) is 0 Å². The number of hydrogen-bond acceptors (Lipinski definition) is 3. The monoisotopic (exact) mass is 235 g/mol. The predicted molar refractivity (Wildman–Crippen MR) is 67.8 cm³/mol. The highest BCUT2D eigenvalue weighted by Gasteiger charge is 2.21. The van der Waals surface area contributed by atoms with Gasteiger partial charge in [0.1, 0.15) is 0 Å². The third kappa shape index (κ3) is 3.53. The molecule has 2 rings (SSSR count). The molecule has 1 fully saturated rings. The van der Waals surface area contributed by atoms with Crippen LogP contribution in [0.15, 0.2) is 30.3 Å². The maximum absolute atomic E-state index is 5.99. The van der Waals surface area contributed by atoms with E-state index in [1.165, 1.54) is 0 Å². The molecular weight excluding hydrogens is 214 g/mol. The molecule has 0 amide bonds. The van der Waals surface area contributed by atoms with Crippen molar-refractivity contribution in [3.63, 3.8) is 0 Å². The third-order valence-electron chi connectivity index (χ3n) is 3.09. The van der Waals surface area contributed by atoms with E-state index in [0.29, 0.717) is 6.61 Å². The minimum atomic E-state index is -0.0413. The Hall–Kier alpha value is -0.900. The smallest absolute Gasteiger partial charge is 0.0974 e. The standard InChI is InChI=1S/C14H21NO2/c1-11(15)14(12-6-3-2-4-7-12)17-10-13-8-5-9-16-13/h2-4,6-7,11,13-14H,5,8-10,15H2,1H3. The van der Waals surface area contributed by atoms with Crippen LogP contribution in [0.2, 0.25) is 0 Å². The lowest BCUT2D eigenvalue weighted by Gasteiger charge is -2.23. The van der Waals surface area contributed by atoms with Crippen LogP contribution in [-0.4, -0.2) is 25.4 Å². The van der Waals surface area contributed by atoms with Crippen molar-refractivity contribution in [1.82, 2.24) is 0 Å². The fourth-order valence-corrected chi connectivity index (χ4v) is 2.18. The molecule has 1 aromatic rings. The second-order valence-electron chi connectivity index (χ2n) is 4.66. The molecule has 17 heavy (non-hydrogen) atoms. The lowest BCUT2D eigenvalue weighted by molar-refractivity contribution is -0.0286. The van der Waals surface area contributed by atoms with Crippen molar-refractivity contribution in [3.05, 3.63) is 35.9 Å². The first kappa shape index (κ1) is 12.6. The summed E-state index contributed by atoms with van der Waals surface area (Å²) < 4.78 is 11.5. The van der Waals surface area contributed by atoms with E-state index in [1.807, 2.05) is 25.1 Å². The molecule has 94 valence electrons. The second-order valence-corrected chi connectivity index (χ2v) is 4.66. The first-order valence-corrected chi connectivity index (χ1v) is 6.31. The van der Waals surface area contributed by atoms with Gasteiger partial charge in [-0.3, -0.25) is 0 Å². The molecule has 0 saturated carbocycles. The van der Waals surface area contributed by atoms with Gasteiger partial charge in [0, 0.05) is 12.6 Å². The molecular formula is C14H21NO2. The lowest BCUT2D eigenvalue weighted by Crippen LogP contribution is -2.29. The Kier molecular flexibility index (Phi) is 4.54. The SMILES string of the molecule is CC(N)C(OCC1CCCO1)c1ccccc1. The molecule has 3 atom stereocenters. The maximum Gasteiger partial charge on any atom is 0.0974 e. The summed E-state index contributed by atoms with van der Waals surface area (Å²) in [5.41, 5.74) is 7.13. The number of ether oxygens (including phenoxy) is 2. The van der Waals surface area contributed by atoms with Crippen LogP contribution in [0.5, 0.6) is 0 Å². The minimum Gasteiger partial charge on any atom is -0.376 e. The zero-order chi connectivity index (χ0) is 12.1. The molecule has 0 radical (unpaired) electrons. The molecule has 1 aliphatic rings. The quantitative estimate of drug-likeness (QED) is 0.851. The Morgan fingerprint density at radius 2 is 2.18 bits per heavy atom. The fourth-order valence-electron chi connectivity index (χ4n) is 2.18. The topological polar surface area (TPSA) is 44.5 Å². The van der Waals surface area contributed by atoms with E-state index >= 15 is 0 Å². The van der Waals surface area contributed by atoms with E-state index in [9.17, 15) is 0 Å². The van der Waals surface area contributed by atoms with Crippen LogP contribution in [-0.2, 0) is 9.47 Å². The summed E-state index contributed by atoms with van der Waals surface area (Å²) in [6, 6.07) is 10.1. The molecule has 1 aromatic carbocycles. The van der Waals surface area contributed by atoms with Crippen LogP contribution >= 0.6 is 0 Å². The van der Waals surface area contributed by atoms with E-state index < -0.39 is 0 Å². The van der Waals surface area contributed by atoms with E-state index in [-0.39, 0.29) is 18.2 Å². The van der Waals surface area contributed by atoms with Gasteiger partial charge in [0.05, 0.1) is 18.8 Å². The molecule has 1 heterocycles. The molecule has 0 spiro atoms. The summed E-state index contributed by atoms with van der Waals surface area (Å²) in [6.07, 6.45) is 2.45.